The Bertz CT molecular complexity index is 576. The number of benzene rings is 1. The normalized spacial score (nSPS) is 22.7. The minimum atomic E-state index is -0.487. The second kappa shape index (κ2) is 7.59. The molecule has 0 radical (unpaired) electrons. The molecule has 1 aliphatic rings. The molecule has 1 fully saturated rings. The third-order valence-electron chi connectivity index (χ3n) is 4.04. The van der Waals surface area contributed by atoms with Crippen LogP contribution in [0.1, 0.15) is 5.82 Å². The van der Waals surface area contributed by atoms with Gasteiger partial charge in [0.25, 0.3) is 0 Å². The Morgan fingerprint density at radius 1 is 1.35 bits per heavy atom. The van der Waals surface area contributed by atoms with Gasteiger partial charge in [-0.05, 0) is 12.1 Å². The van der Waals surface area contributed by atoms with Gasteiger partial charge in [0.15, 0.2) is 0 Å². The maximum atomic E-state index is 5.92. The minimum Gasteiger partial charge on any atom is -0.490 e. The van der Waals surface area contributed by atoms with Gasteiger partial charge in [-0.2, -0.15) is 0 Å². The molecule has 0 spiro atoms. The molecule has 3 rings (SSSR count). The van der Waals surface area contributed by atoms with E-state index in [1.807, 2.05) is 36.5 Å². The molecule has 6 heteroatoms. The molecule has 1 N–H and O–H groups in total. The molecule has 0 bridgehead atoms. The molecular weight excluding hydrogens is 294 g/mol. The van der Waals surface area contributed by atoms with Crippen LogP contribution in [-0.4, -0.2) is 60.5 Å². The summed E-state index contributed by atoms with van der Waals surface area (Å²) in [5, 5.41) is 0. The largest absolute Gasteiger partial charge is 0.490 e. The number of hydrogen-bond acceptors (Lipinski definition) is 5. The zero-order valence-corrected chi connectivity index (χ0v) is 13.4. The van der Waals surface area contributed by atoms with Crippen molar-refractivity contribution in [2.45, 2.75) is 12.1 Å². The van der Waals surface area contributed by atoms with Crippen molar-refractivity contribution in [1.29, 1.82) is 0 Å². The number of ether oxygens (including phenoxy) is 3. The van der Waals surface area contributed by atoms with E-state index in [1.54, 1.807) is 13.3 Å². The van der Waals surface area contributed by atoms with Crippen LogP contribution in [0, 0.1) is 0 Å². The topological polar surface area (TPSA) is 59.6 Å². The highest BCUT2D eigenvalue weighted by Gasteiger charge is 2.36. The lowest BCUT2D eigenvalue weighted by molar-refractivity contribution is -0.0926. The van der Waals surface area contributed by atoms with Crippen LogP contribution in [-0.2, 0) is 16.0 Å². The summed E-state index contributed by atoms with van der Waals surface area (Å²) in [5.74, 6) is 1.78. The number of rotatable bonds is 6. The lowest BCUT2D eigenvalue weighted by Crippen LogP contribution is -2.50. The molecule has 0 saturated carbocycles. The molecule has 6 nitrogen and oxygen atoms in total. The Morgan fingerprint density at radius 3 is 2.96 bits per heavy atom. The van der Waals surface area contributed by atoms with Crippen LogP contribution < -0.4 is 4.74 Å². The van der Waals surface area contributed by atoms with Gasteiger partial charge in [-0.25, -0.2) is 4.98 Å². The van der Waals surface area contributed by atoms with Crippen LogP contribution in [0.3, 0.4) is 0 Å². The van der Waals surface area contributed by atoms with E-state index in [0.717, 1.165) is 31.2 Å². The zero-order chi connectivity index (χ0) is 16.0. The molecule has 2 heterocycles. The fourth-order valence-electron chi connectivity index (χ4n) is 2.72. The number of H-pyrrole nitrogens is 1. The van der Waals surface area contributed by atoms with E-state index in [0.29, 0.717) is 19.8 Å². The summed E-state index contributed by atoms with van der Waals surface area (Å²) in [6, 6.07) is 9.78. The molecule has 1 saturated heterocycles. The average molecular weight is 317 g/mol. The van der Waals surface area contributed by atoms with Crippen molar-refractivity contribution in [2.75, 3.05) is 40.0 Å². The second-order valence-electron chi connectivity index (χ2n) is 5.79. The van der Waals surface area contributed by atoms with Gasteiger partial charge in [0, 0.05) is 32.6 Å². The van der Waals surface area contributed by atoms with Gasteiger partial charge < -0.3 is 19.2 Å². The predicted molar refractivity (Wildman–Crippen MR) is 86.4 cm³/mol. The lowest BCUT2D eigenvalue weighted by Gasteiger charge is -2.33. The third kappa shape index (κ3) is 4.31. The van der Waals surface area contributed by atoms with Gasteiger partial charge in [-0.1, -0.05) is 18.2 Å². The Labute approximate surface area is 136 Å². The van der Waals surface area contributed by atoms with Crippen molar-refractivity contribution in [3.05, 3.63) is 48.5 Å². The Balaban J connectivity index is 1.65. The van der Waals surface area contributed by atoms with Gasteiger partial charge in [-0.15, -0.1) is 0 Å². The van der Waals surface area contributed by atoms with Crippen LogP contribution >= 0.6 is 0 Å². The smallest absolute Gasteiger partial charge is 0.137 e. The number of methoxy groups -OCH3 is 1. The van der Waals surface area contributed by atoms with Crippen molar-refractivity contribution in [1.82, 2.24) is 14.9 Å². The van der Waals surface area contributed by atoms with Crippen molar-refractivity contribution in [3.8, 4) is 5.75 Å². The fourth-order valence-corrected chi connectivity index (χ4v) is 2.72. The first-order chi connectivity index (χ1) is 11.3. The third-order valence-corrected chi connectivity index (χ3v) is 4.04. The van der Waals surface area contributed by atoms with E-state index in [-0.39, 0.29) is 0 Å². The van der Waals surface area contributed by atoms with Crippen molar-refractivity contribution in [3.63, 3.8) is 0 Å². The van der Waals surface area contributed by atoms with Crippen molar-refractivity contribution >= 4 is 0 Å². The number of nitrogens with zero attached hydrogens (tertiary/aromatic N) is 2. The molecule has 1 aromatic carbocycles. The van der Waals surface area contributed by atoms with Crippen LogP contribution in [0.25, 0.3) is 0 Å². The van der Waals surface area contributed by atoms with Crippen LogP contribution in [0.5, 0.6) is 5.75 Å². The first-order valence-electron chi connectivity index (χ1n) is 7.81. The highest BCUT2D eigenvalue weighted by atomic mass is 16.6. The number of imidazole rings is 1. The molecule has 1 atom stereocenters. The Kier molecular flexibility index (Phi) is 5.27. The van der Waals surface area contributed by atoms with Crippen molar-refractivity contribution < 1.29 is 14.2 Å². The molecule has 1 aliphatic heterocycles. The van der Waals surface area contributed by atoms with Crippen molar-refractivity contribution in [2.24, 2.45) is 0 Å². The number of aromatic amines is 1. The van der Waals surface area contributed by atoms with Crippen LogP contribution in [0.4, 0.5) is 0 Å². The molecule has 124 valence electrons. The summed E-state index contributed by atoms with van der Waals surface area (Å²) in [4.78, 5) is 9.72. The van der Waals surface area contributed by atoms with Gasteiger partial charge >= 0.3 is 0 Å². The fraction of sp³-hybridized carbons (Fsp3) is 0.471. The lowest BCUT2D eigenvalue weighted by atomic mass is 10.1. The second-order valence-corrected chi connectivity index (χ2v) is 5.79. The van der Waals surface area contributed by atoms with Gasteiger partial charge in [0.1, 0.15) is 23.8 Å². The molecule has 0 aliphatic carbocycles. The first kappa shape index (κ1) is 16.0. The summed E-state index contributed by atoms with van der Waals surface area (Å²) < 4.78 is 17.5. The highest BCUT2D eigenvalue weighted by molar-refractivity contribution is 5.21. The maximum absolute atomic E-state index is 5.92. The quantitative estimate of drug-likeness (QED) is 0.879. The van der Waals surface area contributed by atoms with Crippen LogP contribution in [0.2, 0.25) is 0 Å². The number of para-hydroxylation sites is 1. The van der Waals surface area contributed by atoms with Crippen LogP contribution in [0.15, 0.2) is 42.7 Å². The summed E-state index contributed by atoms with van der Waals surface area (Å²) >= 11 is 0. The average Bonchev–Trinajstić information content (AvgIpc) is 3.01. The van der Waals surface area contributed by atoms with Gasteiger partial charge in [0.05, 0.1) is 19.8 Å². The first-order valence-corrected chi connectivity index (χ1v) is 7.81. The summed E-state index contributed by atoms with van der Waals surface area (Å²) in [6.07, 6.45) is 3.61. The number of aromatic nitrogens is 2. The Hall–Kier alpha value is -1.89. The van der Waals surface area contributed by atoms with E-state index in [4.69, 9.17) is 14.2 Å². The summed E-state index contributed by atoms with van der Waals surface area (Å²) in [5.41, 5.74) is -0.487. The van der Waals surface area contributed by atoms with E-state index in [2.05, 4.69) is 14.9 Å². The highest BCUT2D eigenvalue weighted by Crippen LogP contribution is 2.20. The monoisotopic (exact) mass is 317 g/mol. The SMILES string of the molecule is CO[C@]1(COc2ccccc2)COCCN(Cc2ncc[nH]2)C1. The summed E-state index contributed by atoms with van der Waals surface area (Å²) in [7, 11) is 1.72. The summed E-state index contributed by atoms with van der Waals surface area (Å²) in [6.45, 7) is 3.96. The van der Waals surface area contributed by atoms with E-state index < -0.39 is 5.60 Å². The van der Waals surface area contributed by atoms with Gasteiger partial charge in [-0.3, -0.25) is 4.90 Å². The molecule has 2 aromatic rings. The van der Waals surface area contributed by atoms with E-state index >= 15 is 0 Å². The predicted octanol–water partition coefficient (Wildman–Crippen LogP) is 1.71. The zero-order valence-electron chi connectivity index (χ0n) is 13.4. The number of nitrogens with one attached hydrogen (secondary N) is 1. The molecule has 0 unspecified atom stereocenters. The van der Waals surface area contributed by atoms with E-state index in [1.165, 1.54) is 0 Å². The molecular formula is C17H23N3O3. The number of hydrogen-bond donors (Lipinski definition) is 1. The molecule has 0 amide bonds. The molecule has 23 heavy (non-hydrogen) atoms. The Morgan fingerprint density at radius 2 is 2.22 bits per heavy atom. The minimum absolute atomic E-state index is 0.447. The van der Waals surface area contributed by atoms with E-state index in [9.17, 15) is 0 Å². The standard InChI is InChI=1S/C17H23N3O3/c1-21-17(14-23-15-5-3-2-4-6-15)12-20(9-10-22-13-17)11-16-18-7-8-19-16/h2-8H,9-14H2,1H3,(H,18,19)/t17-/m0/s1. The molecule has 1 aromatic heterocycles. The van der Waals surface area contributed by atoms with Gasteiger partial charge in [0.2, 0.25) is 0 Å². The maximum Gasteiger partial charge on any atom is 0.137 e.